The molecule has 0 spiro atoms. The molecule has 0 aliphatic rings. The molecular formula is C18H23N3O2. The Labute approximate surface area is 136 Å². The summed E-state index contributed by atoms with van der Waals surface area (Å²) in [6.45, 7) is 2.51. The van der Waals surface area contributed by atoms with Crippen molar-refractivity contribution in [1.29, 1.82) is 0 Å². The zero-order valence-electron chi connectivity index (χ0n) is 13.3. The number of hydrogen-bond donors (Lipinski definition) is 3. The van der Waals surface area contributed by atoms with Crippen molar-refractivity contribution in [3.8, 4) is 0 Å². The fourth-order valence-corrected chi connectivity index (χ4v) is 2.47. The Morgan fingerprint density at radius 1 is 1.13 bits per heavy atom. The topological polar surface area (TPSA) is 74.2 Å². The van der Waals surface area contributed by atoms with Crippen LogP contribution in [0.5, 0.6) is 0 Å². The summed E-state index contributed by atoms with van der Waals surface area (Å²) in [6, 6.07) is 13.4. The van der Waals surface area contributed by atoms with E-state index in [4.69, 9.17) is 0 Å². The first-order chi connectivity index (χ1) is 11.2. The molecule has 5 heteroatoms. The highest BCUT2D eigenvalue weighted by atomic mass is 16.3. The molecule has 2 aromatic rings. The van der Waals surface area contributed by atoms with E-state index in [1.54, 1.807) is 12.4 Å². The van der Waals surface area contributed by atoms with E-state index in [0.29, 0.717) is 13.0 Å². The van der Waals surface area contributed by atoms with Crippen LogP contribution in [0.2, 0.25) is 0 Å². The molecule has 3 N–H and O–H groups in total. The van der Waals surface area contributed by atoms with Gasteiger partial charge in [0.2, 0.25) is 0 Å². The van der Waals surface area contributed by atoms with Gasteiger partial charge in [-0.25, -0.2) is 4.79 Å². The number of amides is 2. The monoisotopic (exact) mass is 313 g/mol. The Morgan fingerprint density at radius 2 is 1.83 bits per heavy atom. The Morgan fingerprint density at radius 3 is 2.48 bits per heavy atom. The second-order valence-corrected chi connectivity index (χ2v) is 5.48. The predicted octanol–water partition coefficient (Wildman–Crippen LogP) is 2.61. The number of rotatable bonds is 7. The molecule has 1 aromatic heterocycles. The summed E-state index contributed by atoms with van der Waals surface area (Å²) in [5.41, 5.74) is 2.12. The molecular weight excluding hydrogens is 290 g/mol. The van der Waals surface area contributed by atoms with Crippen LogP contribution in [0.4, 0.5) is 4.79 Å². The largest absolute Gasteiger partial charge is 0.396 e. The molecule has 0 fully saturated rings. The lowest BCUT2D eigenvalue weighted by atomic mass is 9.96. The second kappa shape index (κ2) is 8.90. The zero-order valence-corrected chi connectivity index (χ0v) is 13.3. The number of benzene rings is 1. The van der Waals surface area contributed by atoms with Crippen molar-refractivity contribution >= 4 is 6.03 Å². The lowest BCUT2D eigenvalue weighted by Gasteiger charge is -2.19. The van der Waals surface area contributed by atoms with Gasteiger partial charge in [-0.05, 0) is 36.6 Å². The van der Waals surface area contributed by atoms with Gasteiger partial charge in [0.15, 0.2) is 0 Å². The first-order valence-corrected chi connectivity index (χ1v) is 7.80. The summed E-state index contributed by atoms with van der Waals surface area (Å²) in [5, 5.41) is 15.0. The molecule has 0 bridgehead atoms. The molecule has 23 heavy (non-hydrogen) atoms. The van der Waals surface area contributed by atoms with Crippen molar-refractivity contribution in [2.75, 3.05) is 13.2 Å². The van der Waals surface area contributed by atoms with Crippen molar-refractivity contribution in [3.63, 3.8) is 0 Å². The van der Waals surface area contributed by atoms with Crippen LogP contribution in [0.1, 0.15) is 36.4 Å². The number of carbonyl (C=O) groups excluding carboxylic acids is 1. The molecule has 5 nitrogen and oxygen atoms in total. The molecule has 2 atom stereocenters. The van der Waals surface area contributed by atoms with Crippen LogP contribution < -0.4 is 10.6 Å². The SMILES string of the molecule is CC(NC(=O)NCC(CCO)c1ccccc1)c1ccncc1. The lowest BCUT2D eigenvalue weighted by Crippen LogP contribution is -2.39. The fourth-order valence-electron chi connectivity index (χ4n) is 2.47. The van der Waals surface area contributed by atoms with E-state index in [0.717, 1.165) is 11.1 Å². The summed E-state index contributed by atoms with van der Waals surface area (Å²) in [5.74, 6) is 0.100. The number of pyridine rings is 1. The van der Waals surface area contributed by atoms with Crippen LogP contribution in [-0.4, -0.2) is 29.3 Å². The van der Waals surface area contributed by atoms with E-state index >= 15 is 0 Å². The number of nitrogens with zero attached hydrogens (tertiary/aromatic N) is 1. The van der Waals surface area contributed by atoms with Crippen molar-refractivity contribution < 1.29 is 9.90 Å². The number of aromatic nitrogens is 1. The molecule has 0 radical (unpaired) electrons. The summed E-state index contributed by atoms with van der Waals surface area (Å²) in [4.78, 5) is 16.0. The zero-order chi connectivity index (χ0) is 16.5. The molecule has 2 amide bonds. The first-order valence-electron chi connectivity index (χ1n) is 7.80. The number of aliphatic hydroxyl groups excluding tert-OH is 1. The van der Waals surface area contributed by atoms with Gasteiger partial charge in [-0.15, -0.1) is 0 Å². The van der Waals surface area contributed by atoms with E-state index in [1.807, 2.05) is 49.4 Å². The van der Waals surface area contributed by atoms with Crippen molar-refractivity contribution in [3.05, 3.63) is 66.0 Å². The van der Waals surface area contributed by atoms with Gasteiger partial charge in [0.1, 0.15) is 0 Å². The Kier molecular flexibility index (Phi) is 6.56. The highest BCUT2D eigenvalue weighted by Gasteiger charge is 2.14. The molecule has 2 rings (SSSR count). The first kappa shape index (κ1) is 17.0. The van der Waals surface area contributed by atoms with Crippen LogP contribution in [0.15, 0.2) is 54.9 Å². The second-order valence-electron chi connectivity index (χ2n) is 5.48. The van der Waals surface area contributed by atoms with Gasteiger partial charge in [0.25, 0.3) is 0 Å². The van der Waals surface area contributed by atoms with Crippen LogP contribution in [0.25, 0.3) is 0 Å². The maximum absolute atomic E-state index is 12.1. The number of aliphatic hydroxyl groups is 1. The minimum absolute atomic E-state index is 0.0917. The third kappa shape index (κ3) is 5.38. The van der Waals surface area contributed by atoms with Gasteiger partial charge in [0, 0.05) is 31.5 Å². The third-order valence-corrected chi connectivity index (χ3v) is 3.81. The molecule has 0 saturated carbocycles. The van der Waals surface area contributed by atoms with Crippen LogP contribution in [-0.2, 0) is 0 Å². The maximum Gasteiger partial charge on any atom is 0.315 e. The minimum Gasteiger partial charge on any atom is -0.396 e. The Balaban J connectivity index is 1.87. The van der Waals surface area contributed by atoms with Gasteiger partial charge < -0.3 is 15.7 Å². The van der Waals surface area contributed by atoms with Crippen molar-refractivity contribution in [1.82, 2.24) is 15.6 Å². The van der Waals surface area contributed by atoms with Gasteiger partial charge in [-0.3, -0.25) is 4.98 Å². The Bertz CT molecular complexity index is 590. The summed E-state index contributed by atoms with van der Waals surface area (Å²) < 4.78 is 0. The molecule has 1 aromatic carbocycles. The molecule has 2 unspecified atom stereocenters. The van der Waals surface area contributed by atoms with E-state index in [2.05, 4.69) is 15.6 Å². The maximum atomic E-state index is 12.1. The van der Waals surface area contributed by atoms with E-state index in [9.17, 15) is 9.90 Å². The molecule has 0 aliphatic heterocycles. The predicted molar refractivity (Wildman–Crippen MR) is 90.1 cm³/mol. The lowest BCUT2D eigenvalue weighted by molar-refractivity contribution is 0.234. The Hall–Kier alpha value is -2.40. The number of carbonyl (C=O) groups is 1. The highest BCUT2D eigenvalue weighted by Crippen LogP contribution is 2.18. The molecule has 122 valence electrons. The summed E-state index contributed by atoms with van der Waals surface area (Å²) in [7, 11) is 0. The summed E-state index contributed by atoms with van der Waals surface area (Å²) >= 11 is 0. The van der Waals surface area contributed by atoms with E-state index < -0.39 is 0 Å². The minimum atomic E-state index is -0.215. The van der Waals surface area contributed by atoms with E-state index in [1.165, 1.54) is 0 Å². The normalized spacial score (nSPS) is 13.1. The van der Waals surface area contributed by atoms with Crippen LogP contribution in [0.3, 0.4) is 0 Å². The van der Waals surface area contributed by atoms with Crippen molar-refractivity contribution in [2.45, 2.75) is 25.3 Å². The number of urea groups is 1. The van der Waals surface area contributed by atoms with E-state index in [-0.39, 0.29) is 24.6 Å². The fraction of sp³-hybridized carbons (Fsp3) is 0.333. The number of nitrogens with one attached hydrogen (secondary N) is 2. The standard InChI is InChI=1S/C18H23N3O2/c1-14(15-7-10-19-11-8-15)21-18(23)20-13-17(9-12-22)16-5-3-2-4-6-16/h2-8,10-11,14,17,22H,9,12-13H2,1H3,(H2,20,21,23). The molecule has 0 aliphatic carbocycles. The third-order valence-electron chi connectivity index (χ3n) is 3.81. The van der Waals surface area contributed by atoms with Crippen LogP contribution >= 0.6 is 0 Å². The highest BCUT2D eigenvalue weighted by molar-refractivity contribution is 5.74. The van der Waals surface area contributed by atoms with Gasteiger partial charge in [0.05, 0.1) is 6.04 Å². The van der Waals surface area contributed by atoms with Gasteiger partial charge in [-0.2, -0.15) is 0 Å². The average Bonchev–Trinajstić information content (AvgIpc) is 2.60. The quantitative estimate of drug-likeness (QED) is 0.735. The summed E-state index contributed by atoms with van der Waals surface area (Å²) in [6.07, 6.45) is 4.03. The van der Waals surface area contributed by atoms with Gasteiger partial charge >= 0.3 is 6.03 Å². The number of hydrogen-bond acceptors (Lipinski definition) is 3. The molecule has 1 heterocycles. The smallest absolute Gasteiger partial charge is 0.315 e. The van der Waals surface area contributed by atoms with Crippen molar-refractivity contribution in [2.24, 2.45) is 0 Å². The van der Waals surface area contributed by atoms with Crippen LogP contribution in [0, 0.1) is 0 Å². The average molecular weight is 313 g/mol. The van der Waals surface area contributed by atoms with Gasteiger partial charge in [-0.1, -0.05) is 30.3 Å². The molecule has 0 saturated heterocycles.